The molecule has 1 aromatic carbocycles. The van der Waals surface area contributed by atoms with E-state index in [1.54, 1.807) is 41.3 Å². The van der Waals surface area contributed by atoms with Crippen LogP contribution >= 0.6 is 11.6 Å². The van der Waals surface area contributed by atoms with E-state index in [-0.39, 0.29) is 5.57 Å². The van der Waals surface area contributed by atoms with Crippen LogP contribution in [0.4, 0.5) is 0 Å². The lowest BCUT2D eigenvalue weighted by molar-refractivity contribution is -0.129. The van der Waals surface area contributed by atoms with Gasteiger partial charge in [0.1, 0.15) is 5.76 Å². The van der Waals surface area contributed by atoms with E-state index in [2.05, 4.69) is 18.7 Å². The van der Waals surface area contributed by atoms with Crippen LogP contribution in [0.2, 0.25) is 5.02 Å². The largest absolute Gasteiger partial charge is 0.503 e. The molecule has 0 bridgehead atoms. The van der Waals surface area contributed by atoms with Crippen LogP contribution in [0.5, 0.6) is 0 Å². The number of carbonyl (C=O) groups excluding carboxylic acids is 2. The smallest absolute Gasteiger partial charge is 0.290 e. The Morgan fingerprint density at radius 3 is 2.55 bits per heavy atom. The molecule has 0 aliphatic carbocycles. The van der Waals surface area contributed by atoms with Gasteiger partial charge in [0, 0.05) is 11.6 Å². The van der Waals surface area contributed by atoms with Gasteiger partial charge in [0.05, 0.1) is 17.9 Å². The Labute approximate surface area is 187 Å². The number of hydrogen-bond acceptors (Lipinski definition) is 5. The zero-order valence-corrected chi connectivity index (χ0v) is 18.5. The fraction of sp³-hybridized carbons (Fsp3) is 0.333. The summed E-state index contributed by atoms with van der Waals surface area (Å²) in [5, 5.41) is 11.2. The monoisotopic (exact) mass is 442 g/mol. The van der Waals surface area contributed by atoms with Crippen LogP contribution in [-0.4, -0.2) is 52.8 Å². The van der Waals surface area contributed by atoms with Gasteiger partial charge in [0.25, 0.3) is 5.91 Å². The summed E-state index contributed by atoms with van der Waals surface area (Å²) in [7, 11) is 0. The molecule has 31 heavy (non-hydrogen) atoms. The second kappa shape index (κ2) is 10.5. The van der Waals surface area contributed by atoms with Crippen LogP contribution in [0.3, 0.4) is 0 Å². The molecule has 1 atom stereocenters. The summed E-state index contributed by atoms with van der Waals surface area (Å²) in [6.45, 7) is 7.29. The molecular weight excluding hydrogens is 416 g/mol. The molecule has 1 aromatic heterocycles. The highest BCUT2D eigenvalue weighted by molar-refractivity contribution is 6.30. The first-order chi connectivity index (χ1) is 15.0. The number of aliphatic hydroxyl groups excluding tert-OH is 1. The maximum atomic E-state index is 13.0. The normalized spacial score (nSPS) is 16.8. The van der Waals surface area contributed by atoms with Crippen molar-refractivity contribution in [3.63, 3.8) is 0 Å². The van der Waals surface area contributed by atoms with Gasteiger partial charge in [0.2, 0.25) is 0 Å². The zero-order chi connectivity index (χ0) is 22.4. The summed E-state index contributed by atoms with van der Waals surface area (Å²) in [4.78, 5) is 29.7. The Kier molecular flexibility index (Phi) is 7.71. The summed E-state index contributed by atoms with van der Waals surface area (Å²) >= 11 is 6.03. The molecule has 7 heteroatoms. The van der Waals surface area contributed by atoms with E-state index in [1.165, 1.54) is 18.4 Å². The van der Waals surface area contributed by atoms with Crippen LogP contribution in [0.25, 0.3) is 6.08 Å². The highest BCUT2D eigenvalue weighted by Gasteiger charge is 2.42. The first-order valence-electron chi connectivity index (χ1n) is 10.4. The van der Waals surface area contributed by atoms with E-state index in [1.807, 2.05) is 0 Å². The van der Waals surface area contributed by atoms with Crippen molar-refractivity contribution in [1.29, 1.82) is 0 Å². The van der Waals surface area contributed by atoms with E-state index in [4.69, 9.17) is 16.0 Å². The number of amides is 1. The number of ketones is 1. The van der Waals surface area contributed by atoms with Gasteiger partial charge in [-0.2, -0.15) is 0 Å². The molecule has 2 heterocycles. The van der Waals surface area contributed by atoms with Crippen LogP contribution < -0.4 is 0 Å². The molecule has 0 saturated carbocycles. The number of aliphatic hydroxyl groups is 1. The van der Waals surface area contributed by atoms with Crippen molar-refractivity contribution in [2.24, 2.45) is 0 Å². The van der Waals surface area contributed by atoms with Crippen LogP contribution in [0.15, 0.2) is 64.5 Å². The third kappa shape index (κ3) is 5.27. The molecule has 0 radical (unpaired) electrons. The predicted octanol–water partition coefficient (Wildman–Crippen LogP) is 4.64. The second-order valence-corrected chi connectivity index (χ2v) is 7.74. The highest BCUT2D eigenvalue weighted by Crippen LogP contribution is 2.38. The third-order valence-corrected chi connectivity index (χ3v) is 5.72. The zero-order valence-electron chi connectivity index (χ0n) is 17.8. The first kappa shape index (κ1) is 22.8. The highest BCUT2D eigenvalue weighted by atomic mass is 35.5. The maximum Gasteiger partial charge on any atom is 0.290 e. The molecule has 1 aliphatic heterocycles. The van der Waals surface area contributed by atoms with Gasteiger partial charge in [-0.25, -0.2) is 0 Å². The first-order valence-corrected chi connectivity index (χ1v) is 10.8. The molecule has 0 spiro atoms. The van der Waals surface area contributed by atoms with E-state index in [9.17, 15) is 14.7 Å². The van der Waals surface area contributed by atoms with E-state index in [0.29, 0.717) is 17.3 Å². The lowest BCUT2D eigenvalue weighted by Gasteiger charge is -2.28. The summed E-state index contributed by atoms with van der Waals surface area (Å²) in [6.07, 6.45) is 5.08. The van der Waals surface area contributed by atoms with Gasteiger partial charge in [-0.3, -0.25) is 9.59 Å². The molecule has 1 aliphatic rings. The second-order valence-electron chi connectivity index (χ2n) is 7.31. The van der Waals surface area contributed by atoms with E-state index >= 15 is 0 Å². The number of carbonyl (C=O) groups is 2. The Hall–Kier alpha value is -2.83. The van der Waals surface area contributed by atoms with Crippen molar-refractivity contribution in [3.8, 4) is 0 Å². The molecule has 1 unspecified atom stereocenters. The molecular formula is C24H27ClN2O4. The maximum absolute atomic E-state index is 13.0. The van der Waals surface area contributed by atoms with Gasteiger partial charge in [-0.15, -0.1) is 0 Å². The number of nitrogens with zero attached hydrogens (tertiary/aromatic N) is 2. The summed E-state index contributed by atoms with van der Waals surface area (Å²) < 4.78 is 5.22. The fourth-order valence-corrected chi connectivity index (χ4v) is 3.89. The average Bonchev–Trinajstić information content (AvgIpc) is 3.38. The Morgan fingerprint density at radius 1 is 1.23 bits per heavy atom. The summed E-state index contributed by atoms with van der Waals surface area (Å²) in [5.41, 5.74) is 0.789. The van der Waals surface area contributed by atoms with Crippen LogP contribution in [-0.2, 0) is 9.59 Å². The predicted molar refractivity (Wildman–Crippen MR) is 121 cm³/mol. The SMILES string of the molecule is CCN(CC)CCCN1C(=O)C(O)=C(C(=O)/C=C/c2ccco2)C1c1ccc(Cl)cc1. The lowest BCUT2D eigenvalue weighted by atomic mass is 9.95. The van der Waals surface area contributed by atoms with E-state index in [0.717, 1.165) is 31.6 Å². The Bertz CT molecular complexity index is 960. The van der Waals surface area contributed by atoms with Gasteiger partial charge < -0.3 is 19.3 Å². The standard InChI is InChI=1S/C24H27ClN2O4/c1-3-26(4-2)14-6-15-27-22(17-8-10-18(25)11-9-17)21(23(29)24(27)30)20(28)13-12-19-7-5-16-31-19/h5,7-13,16,22,29H,3-4,6,14-15H2,1-2H3/b13-12+. The summed E-state index contributed by atoms with van der Waals surface area (Å²) in [6, 6.07) is 9.74. The molecule has 2 aromatic rings. The van der Waals surface area contributed by atoms with Gasteiger partial charge in [-0.05, 0) is 68.0 Å². The van der Waals surface area contributed by atoms with Crippen molar-refractivity contribution in [2.45, 2.75) is 26.3 Å². The van der Waals surface area contributed by atoms with Crippen LogP contribution in [0, 0.1) is 0 Å². The van der Waals surface area contributed by atoms with Crippen molar-refractivity contribution >= 4 is 29.4 Å². The van der Waals surface area contributed by atoms with E-state index < -0.39 is 23.5 Å². The Balaban J connectivity index is 1.88. The molecule has 1 N–H and O–H groups in total. The minimum Gasteiger partial charge on any atom is -0.503 e. The minimum atomic E-state index is -0.671. The molecule has 1 amide bonds. The molecule has 0 saturated heterocycles. The van der Waals surface area contributed by atoms with Gasteiger partial charge in [0.15, 0.2) is 11.5 Å². The molecule has 3 rings (SSSR count). The quantitative estimate of drug-likeness (QED) is 0.542. The van der Waals surface area contributed by atoms with Crippen LogP contribution in [0.1, 0.15) is 37.6 Å². The van der Waals surface area contributed by atoms with Crippen molar-refractivity contribution in [3.05, 3.63) is 76.4 Å². The van der Waals surface area contributed by atoms with Crippen molar-refractivity contribution in [1.82, 2.24) is 9.80 Å². The molecule has 6 nitrogen and oxygen atoms in total. The number of halogens is 1. The number of rotatable bonds is 10. The number of allylic oxidation sites excluding steroid dienone is 1. The fourth-order valence-electron chi connectivity index (χ4n) is 3.77. The number of furan rings is 1. The molecule has 164 valence electrons. The minimum absolute atomic E-state index is 0.0676. The topological polar surface area (TPSA) is 74.0 Å². The third-order valence-electron chi connectivity index (χ3n) is 5.46. The molecule has 0 fully saturated rings. The lowest BCUT2D eigenvalue weighted by Crippen LogP contribution is -2.34. The van der Waals surface area contributed by atoms with Gasteiger partial charge >= 0.3 is 0 Å². The number of benzene rings is 1. The number of hydrogen-bond donors (Lipinski definition) is 1. The summed E-state index contributed by atoms with van der Waals surface area (Å²) in [5.74, 6) is -0.962. The van der Waals surface area contributed by atoms with Crippen molar-refractivity contribution in [2.75, 3.05) is 26.2 Å². The van der Waals surface area contributed by atoms with Crippen molar-refractivity contribution < 1.29 is 19.1 Å². The average molecular weight is 443 g/mol. The van der Waals surface area contributed by atoms with Gasteiger partial charge in [-0.1, -0.05) is 37.6 Å². The Morgan fingerprint density at radius 2 is 1.94 bits per heavy atom.